The van der Waals surface area contributed by atoms with Crippen molar-refractivity contribution in [1.29, 1.82) is 0 Å². The number of benzene rings is 4. The normalized spacial score (nSPS) is 13.2. The van der Waals surface area contributed by atoms with Crippen LogP contribution in [0.4, 0.5) is 5.69 Å². The second-order valence-electron chi connectivity index (χ2n) is 13.1. The molecular weight excluding hydrogens is 517 g/mol. The monoisotopic (exact) mass is 569 g/mol. The summed E-state index contributed by atoms with van der Waals surface area (Å²) >= 11 is 0. The molecule has 0 radical (unpaired) electrons. The van der Waals surface area contributed by atoms with Crippen LogP contribution in [-0.2, 0) is 5.41 Å². The zero-order valence-corrected chi connectivity index (χ0v) is 27.1. The van der Waals surface area contributed by atoms with Gasteiger partial charge in [-0.2, -0.15) is 0 Å². The van der Waals surface area contributed by atoms with Crippen molar-refractivity contribution in [3.05, 3.63) is 96.1 Å². The van der Waals surface area contributed by atoms with Crippen molar-refractivity contribution in [3.8, 4) is 33.4 Å². The van der Waals surface area contributed by atoms with E-state index in [-0.39, 0.29) is 5.41 Å². The van der Waals surface area contributed by atoms with E-state index >= 15 is 0 Å². The minimum Gasteiger partial charge on any atom is -0.399 e. The lowest BCUT2D eigenvalue weighted by molar-refractivity contribution is 0.398. The summed E-state index contributed by atoms with van der Waals surface area (Å²) in [6, 6.07) is 32.1. The van der Waals surface area contributed by atoms with Crippen molar-refractivity contribution in [2.75, 3.05) is 5.73 Å². The summed E-state index contributed by atoms with van der Waals surface area (Å²) in [4.78, 5) is 0. The molecule has 0 aromatic heterocycles. The molecule has 0 unspecified atom stereocenters. The zero-order chi connectivity index (χ0) is 30.1. The van der Waals surface area contributed by atoms with Crippen LogP contribution in [0.1, 0.15) is 115 Å². The first-order valence-corrected chi connectivity index (χ1v) is 17.3. The van der Waals surface area contributed by atoms with Gasteiger partial charge in [-0.3, -0.25) is 0 Å². The Balaban J connectivity index is 1.56. The van der Waals surface area contributed by atoms with Crippen molar-refractivity contribution in [1.82, 2.24) is 0 Å². The summed E-state index contributed by atoms with van der Waals surface area (Å²) < 4.78 is 0. The van der Waals surface area contributed by atoms with Gasteiger partial charge in [0.05, 0.1) is 0 Å². The highest BCUT2D eigenvalue weighted by molar-refractivity contribution is 6.32. The van der Waals surface area contributed by atoms with Gasteiger partial charge in [-0.15, -0.1) is 0 Å². The first kappa shape index (κ1) is 31.2. The summed E-state index contributed by atoms with van der Waals surface area (Å²) in [5.74, 6) is 0. The van der Waals surface area contributed by atoms with Gasteiger partial charge >= 0.3 is 0 Å². The highest BCUT2D eigenvalue weighted by Crippen LogP contribution is 2.55. The molecule has 0 bridgehead atoms. The number of hydrogen-bond donors (Lipinski definition) is 1. The van der Waals surface area contributed by atoms with E-state index in [0.29, 0.717) is 0 Å². The number of nitrogen functional groups attached to an aromatic ring is 1. The Morgan fingerprint density at radius 3 is 1.35 bits per heavy atom. The van der Waals surface area contributed by atoms with Crippen LogP contribution in [0.3, 0.4) is 0 Å². The molecule has 224 valence electrons. The molecule has 4 aromatic rings. The van der Waals surface area contributed by atoms with E-state index in [9.17, 15) is 0 Å². The van der Waals surface area contributed by atoms with Crippen LogP contribution in [0.2, 0.25) is 0 Å². The Morgan fingerprint density at radius 2 is 0.884 bits per heavy atom. The van der Waals surface area contributed by atoms with Gasteiger partial charge in [0.2, 0.25) is 0 Å². The first-order valence-electron chi connectivity index (χ1n) is 17.3. The van der Waals surface area contributed by atoms with Crippen molar-refractivity contribution in [3.63, 3.8) is 0 Å². The summed E-state index contributed by atoms with van der Waals surface area (Å²) in [5, 5.41) is 0. The third kappa shape index (κ3) is 7.28. The summed E-state index contributed by atoms with van der Waals surface area (Å²) in [5.41, 5.74) is 19.5. The van der Waals surface area contributed by atoms with Gasteiger partial charge in [0.1, 0.15) is 7.85 Å². The molecule has 4 aromatic carbocycles. The van der Waals surface area contributed by atoms with E-state index in [4.69, 9.17) is 5.73 Å². The molecule has 2 heteroatoms. The molecule has 1 aliphatic carbocycles. The predicted octanol–water partition coefficient (Wildman–Crippen LogP) is 10.6. The van der Waals surface area contributed by atoms with Crippen LogP contribution in [0.25, 0.3) is 33.4 Å². The van der Waals surface area contributed by atoms with Crippen molar-refractivity contribution in [2.24, 2.45) is 0 Å². The molecule has 0 amide bonds. The van der Waals surface area contributed by atoms with Gasteiger partial charge in [0, 0.05) is 11.1 Å². The molecule has 5 rings (SSSR count). The Morgan fingerprint density at radius 1 is 0.488 bits per heavy atom. The largest absolute Gasteiger partial charge is 0.399 e. The lowest BCUT2D eigenvalue weighted by atomic mass is 9.70. The highest BCUT2D eigenvalue weighted by Gasteiger charge is 2.42. The molecule has 0 atom stereocenters. The van der Waals surface area contributed by atoms with E-state index in [1.165, 1.54) is 129 Å². The molecule has 1 aliphatic rings. The maximum atomic E-state index is 6.06. The van der Waals surface area contributed by atoms with Crippen LogP contribution in [-0.4, -0.2) is 7.85 Å². The Hall–Kier alpha value is -3.26. The van der Waals surface area contributed by atoms with Gasteiger partial charge in [-0.05, 0) is 81.6 Å². The average molecular weight is 570 g/mol. The van der Waals surface area contributed by atoms with E-state index in [0.717, 1.165) is 5.69 Å². The number of rotatable bonds is 16. The summed E-state index contributed by atoms with van der Waals surface area (Å²) in [6.45, 7) is 4.62. The fourth-order valence-electron chi connectivity index (χ4n) is 7.35. The van der Waals surface area contributed by atoms with Crippen LogP contribution in [0.15, 0.2) is 84.9 Å². The average Bonchev–Trinajstić information content (AvgIpc) is 3.29. The van der Waals surface area contributed by atoms with E-state index in [1.807, 2.05) is 12.1 Å². The standard InChI is InChI=1S/C41H52BN/c1-3-5-7-9-11-13-27-41(28-14-12-10-8-6-4-2)39-29-33(31-15-21-35(42)22-16-31)19-25-37(39)38-26-20-34(30-40(38)41)32-17-23-36(43)24-18-32/h15-26,29-30H,3-14,27-28,42-43H2,1-2H3. The number of fused-ring (bicyclic) bond motifs is 3. The van der Waals surface area contributed by atoms with Crippen LogP contribution in [0.5, 0.6) is 0 Å². The fraction of sp³-hybridized carbons (Fsp3) is 0.415. The molecule has 0 saturated carbocycles. The molecule has 0 fully saturated rings. The molecular formula is C41H52BN. The second-order valence-corrected chi connectivity index (χ2v) is 13.1. The molecule has 1 nitrogen and oxygen atoms in total. The van der Waals surface area contributed by atoms with Crippen molar-refractivity contribution < 1.29 is 0 Å². The third-order valence-corrected chi connectivity index (χ3v) is 9.90. The Labute approximate surface area is 262 Å². The SMILES string of the molecule is Bc1ccc(-c2ccc3c(c2)C(CCCCCCCC)(CCCCCCCC)c2cc(-c4ccc(N)cc4)ccc2-3)cc1. The van der Waals surface area contributed by atoms with Gasteiger partial charge in [0.25, 0.3) is 0 Å². The Kier molecular flexibility index (Phi) is 10.8. The number of anilines is 1. The minimum absolute atomic E-state index is 0.0602. The fourth-order valence-corrected chi connectivity index (χ4v) is 7.35. The second kappa shape index (κ2) is 15.0. The quantitative estimate of drug-likeness (QED) is 0.0811. The van der Waals surface area contributed by atoms with E-state index in [1.54, 1.807) is 11.1 Å². The van der Waals surface area contributed by atoms with Gasteiger partial charge < -0.3 is 5.73 Å². The predicted molar refractivity (Wildman–Crippen MR) is 192 cm³/mol. The maximum absolute atomic E-state index is 6.06. The number of hydrogen-bond acceptors (Lipinski definition) is 1. The molecule has 0 aliphatic heterocycles. The van der Waals surface area contributed by atoms with E-state index < -0.39 is 0 Å². The number of unbranched alkanes of at least 4 members (excludes halogenated alkanes) is 10. The van der Waals surface area contributed by atoms with Gasteiger partial charge in [-0.1, -0.05) is 157 Å². The Bertz CT molecular complexity index is 1340. The van der Waals surface area contributed by atoms with Gasteiger partial charge in [0.15, 0.2) is 0 Å². The minimum atomic E-state index is 0.0602. The molecule has 0 heterocycles. The van der Waals surface area contributed by atoms with Crippen molar-refractivity contribution in [2.45, 2.75) is 109 Å². The highest BCUT2D eigenvalue weighted by atomic mass is 14.5. The maximum Gasteiger partial charge on any atom is 0.139 e. The van der Waals surface area contributed by atoms with Crippen molar-refractivity contribution >= 4 is 19.0 Å². The van der Waals surface area contributed by atoms with Crippen LogP contribution < -0.4 is 11.2 Å². The molecule has 43 heavy (non-hydrogen) atoms. The third-order valence-electron chi connectivity index (χ3n) is 9.90. The zero-order valence-electron chi connectivity index (χ0n) is 27.1. The van der Waals surface area contributed by atoms with E-state index in [2.05, 4.69) is 94.5 Å². The molecule has 0 saturated heterocycles. The van der Waals surface area contributed by atoms with Crippen LogP contribution >= 0.6 is 0 Å². The summed E-state index contributed by atoms with van der Waals surface area (Å²) in [6.07, 6.45) is 18.5. The van der Waals surface area contributed by atoms with Crippen LogP contribution in [0, 0.1) is 0 Å². The topological polar surface area (TPSA) is 26.0 Å². The lowest BCUT2D eigenvalue weighted by Gasteiger charge is -2.33. The van der Waals surface area contributed by atoms with Gasteiger partial charge in [-0.25, -0.2) is 0 Å². The lowest BCUT2D eigenvalue weighted by Crippen LogP contribution is -2.25. The molecule has 0 spiro atoms. The first-order chi connectivity index (χ1) is 21.1. The summed E-state index contributed by atoms with van der Waals surface area (Å²) in [7, 11) is 2.17. The number of nitrogens with two attached hydrogens (primary N) is 1. The smallest absolute Gasteiger partial charge is 0.139 e. The molecule has 2 N–H and O–H groups in total.